The minimum absolute atomic E-state index is 0.205. The first-order valence-electron chi connectivity index (χ1n) is 4.76. The van der Waals surface area contributed by atoms with Crippen LogP contribution in [0.1, 0.15) is 19.4 Å². The average Bonchev–Trinajstić information content (AvgIpc) is 2.27. The van der Waals surface area contributed by atoms with Crippen molar-refractivity contribution in [1.29, 1.82) is 0 Å². The number of hydrogen-bond donors (Lipinski definition) is 0. The molecule has 0 bridgehead atoms. The van der Waals surface area contributed by atoms with Gasteiger partial charge in [-0.05, 0) is 31.7 Å². The van der Waals surface area contributed by atoms with Gasteiger partial charge in [0.1, 0.15) is 0 Å². The molecule has 0 radical (unpaired) electrons. The van der Waals surface area contributed by atoms with Gasteiger partial charge in [-0.25, -0.2) is 0 Å². The number of ether oxygens (including phenoxy) is 1. The van der Waals surface area contributed by atoms with Gasteiger partial charge in [0.15, 0.2) is 0 Å². The first-order chi connectivity index (χ1) is 7.04. The van der Waals surface area contributed by atoms with Crippen LogP contribution in [0, 0.1) is 0 Å². The maximum atomic E-state index is 11.7. The van der Waals surface area contributed by atoms with Gasteiger partial charge in [0.05, 0.1) is 12.5 Å². The summed E-state index contributed by atoms with van der Waals surface area (Å²) in [4.78, 5) is 12.8. The highest BCUT2D eigenvalue weighted by molar-refractivity contribution is 7.98. The van der Waals surface area contributed by atoms with Crippen molar-refractivity contribution in [3.63, 3.8) is 0 Å². The molecule has 0 aliphatic carbocycles. The third-order valence-corrected chi connectivity index (χ3v) is 3.27. The summed E-state index contributed by atoms with van der Waals surface area (Å²) < 4.78 is 4.82. The van der Waals surface area contributed by atoms with Gasteiger partial charge >= 0.3 is 5.97 Å². The fourth-order valence-electron chi connectivity index (χ4n) is 1.53. The highest BCUT2D eigenvalue weighted by Gasteiger charge is 2.32. The molecule has 0 aliphatic rings. The van der Waals surface area contributed by atoms with Gasteiger partial charge in [-0.2, -0.15) is 0 Å². The van der Waals surface area contributed by atoms with E-state index in [9.17, 15) is 4.79 Å². The van der Waals surface area contributed by atoms with Gasteiger partial charge < -0.3 is 4.74 Å². The quantitative estimate of drug-likeness (QED) is 0.583. The van der Waals surface area contributed by atoms with Gasteiger partial charge in [-0.15, -0.1) is 11.8 Å². The third-order valence-electron chi connectivity index (χ3n) is 2.48. The summed E-state index contributed by atoms with van der Waals surface area (Å²) >= 11 is 1.64. The Balaban J connectivity index is 3.19. The second kappa shape index (κ2) is 4.71. The topological polar surface area (TPSA) is 26.3 Å². The number of carbonyl (C=O) groups excluding carboxylic acids is 1. The average molecular weight is 224 g/mol. The van der Waals surface area contributed by atoms with Gasteiger partial charge in [-0.3, -0.25) is 4.79 Å². The predicted molar refractivity (Wildman–Crippen MR) is 63.3 cm³/mol. The summed E-state index contributed by atoms with van der Waals surface area (Å²) in [6, 6.07) is 7.91. The molecular weight excluding hydrogens is 208 g/mol. The number of hydrogen-bond acceptors (Lipinski definition) is 3. The van der Waals surface area contributed by atoms with Gasteiger partial charge in [-0.1, -0.05) is 18.2 Å². The standard InChI is InChI=1S/C12H16O2S/c1-12(2,11(13)14-3)9-7-5-6-8-10(9)15-4/h5-8H,1-4H3. The van der Waals surface area contributed by atoms with E-state index in [1.807, 2.05) is 44.4 Å². The molecule has 0 aliphatic heterocycles. The van der Waals surface area contributed by atoms with Crippen LogP contribution in [0.3, 0.4) is 0 Å². The van der Waals surface area contributed by atoms with Crippen LogP contribution in [-0.2, 0) is 14.9 Å². The number of rotatable bonds is 3. The summed E-state index contributed by atoms with van der Waals surface area (Å²) in [5.74, 6) is -0.205. The summed E-state index contributed by atoms with van der Waals surface area (Å²) in [5.41, 5.74) is 0.429. The largest absolute Gasteiger partial charge is 0.468 e. The van der Waals surface area contributed by atoms with Crippen molar-refractivity contribution in [1.82, 2.24) is 0 Å². The second-order valence-electron chi connectivity index (χ2n) is 3.82. The van der Waals surface area contributed by atoms with Crippen LogP contribution in [0.2, 0.25) is 0 Å². The minimum Gasteiger partial charge on any atom is -0.468 e. The zero-order chi connectivity index (χ0) is 11.5. The van der Waals surface area contributed by atoms with Crippen molar-refractivity contribution in [2.75, 3.05) is 13.4 Å². The van der Waals surface area contributed by atoms with Crippen molar-refractivity contribution >= 4 is 17.7 Å². The molecule has 0 aromatic heterocycles. The fourth-order valence-corrected chi connectivity index (χ4v) is 2.28. The van der Waals surface area contributed by atoms with Crippen molar-refractivity contribution in [2.24, 2.45) is 0 Å². The molecule has 0 spiro atoms. The highest BCUT2D eigenvalue weighted by Crippen LogP contribution is 2.32. The molecule has 0 unspecified atom stereocenters. The molecule has 0 heterocycles. The van der Waals surface area contributed by atoms with Crippen molar-refractivity contribution in [2.45, 2.75) is 24.2 Å². The minimum atomic E-state index is -0.589. The lowest BCUT2D eigenvalue weighted by atomic mass is 9.85. The van der Waals surface area contributed by atoms with Crippen molar-refractivity contribution < 1.29 is 9.53 Å². The Morgan fingerprint density at radius 3 is 2.47 bits per heavy atom. The SMILES string of the molecule is COC(=O)C(C)(C)c1ccccc1SC. The van der Waals surface area contributed by atoms with E-state index in [0.29, 0.717) is 0 Å². The van der Waals surface area contributed by atoms with Crippen LogP contribution in [0.5, 0.6) is 0 Å². The first-order valence-corrected chi connectivity index (χ1v) is 5.98. The lowest BCUT2D eigenvalue weighted by Crippen LogP contribution is -2.30. The van der Waals surface area contributed by atoms with Crippen LogP contribution in [0.15, 0.2) is 29.2 Å². The van der Waals surface area contributed by atoms with Crippen molar-refractivity contribution in [3.8, 4) is 0 Å². The van der Waals surface area contributed by atoms with E-state index in [-0.39, 0.29) is 5.97 Å². The smallest absolute Gasteiger partial charge is 0.315 e. The lowest BCUT2D eigenvalue weighted by Gasteiger charge is -2.24. The molecule has 0 atom stereocenters. The maximum absolute atomic E-state index is 11.7. The van der Waals surface area contributed by atoms with Crippen LogP contribution in [0.4, 0.5) is 0 Å². The molecule has 0 amide bonds. The predicted octanol–water partition coefficient (Wildman–Crippen LogP) is 2.86. The molecule has 15 heavy (non-hydrogen) atoms. The normalized spacial score (nSPS) is 11.2. The molecule has 0 saturated carbocycles. The molecule has 1 aromatic rings. The van der Waals surface area contributed by atoms with Gasteiger partial charge in [0.25, 0.3) is 0 Å². The van der Waals surface area contributed by atoms with E-state index in [1.54, 1.807) is 11.8 Å². The summed E-state index contributed by atoms with van der Waals surface area (Å²) in [6.07, 6.45) is 2.01. The molecule has 1 rings (SSSR count). The number of esters is 1. The van der Waals surface area contributed by atoms with Gasteiger partial charge in [0, 0.05) is 4.90 Å². The lowest BCUT2D eigenvalue weighted by molar-refractivity contribution is -0.146. The Morgan fingerprint density at radius 2 is 1.93 bits per heavy atom. The van der Waals surface area contributed by atoms with Crippen molar-refractivity contribution in [3.05, 3.63) is 29.8 Å². The highest BCUT2D eigenvalue weighted by atomic mass is 32.2. The number of thioether (sulfide) groups is 1. The number of methoxy groups -OCH3 is 1. The van der Waals surface area contributed by atoms with E-state index < -0.39 is 5.41 Å². The van der Waals surface area contributed by atoms with Crippen LogP contribution in [-0.4, -0.2) is 19.3 Å². The summed E-state index contributed by atoms with van der Waals surface area (Å²) in [5, 5.41) is 0. The van der Waals surface area contributed by atoms with Crippen LogP contribution in [0.25, 0.3) is 0 Å². The molecule has 82 valence electrons. The van der Waals surface area contributed by atoms with Gasteiger partial charge in [0.2, 0.25) is 0 Å². The van der Waals surface area contributed by atoms with E-state index >= 15 is 0 Å². The number of benzene rings is 1. The van der Waals surface area contributed by atoms with E-state index in [0.717, 1.165) is 10.5 Å². The second-order valence-corrected chi connectivity index (χ2v) is 4.66. The molecule has 0 saturated heterocycles. The molecule has 0 N–H and O–H groups in total. The molecule has 0 fully saturated rings. The Morgan fingerprint density at radius 1 is 1.33 bits per heavy atom. The molecular formula is C12H16O2S. The molecule has 1 aromatic carbocycles. The first kappa shape index (κ1) is 12.1. The molecule has 2 nitrogen and oxygen atoms in total. The zero-order valence-electron chi connectivity index (χ0n) is 9.53. The Labute approximate surface area is 95.0 Å². The number of carbonyl (C=O) groups is 1. The van der Waals surface area contributed by atoms with Crippen LogP contribution >= 0.6 is 11.8 Å². The Bertz CT molecular complexity index is 358. The maximum Gasteiger partial charge on any atom is 0.315 e. The van der Waals surface area contributed by atoms with Crippen LogP contribution < -0.4 is 0 Å². The van der Waals surface area contributed by atoms with E-state index in [4.69, 9.17) is 4.74 Å². The summed E-state index contributed by atoms with van der Waals surface area (Å²) in [6.45, 7) is 3.77. The monoisotopic (exact) mass is 224 g/mol. The Hall–Kier alpha value is -0.960. The molecule has 3 heteroatoms. The third kappa shape index (κ3) is 2.34. The fraction of sp³-hybridized carbons (Fsp3) is 0.417. The zero-order valence-corrected chi connectivity index (χ0v) is 10.4. The Kier molecular flexibility index (Phi) is 3.80. The summed E-state index contributed by atoms with van der Waals surface area (Å²) in [7, 11) is 1.42. The van der Waals surface area contributed by atoms with E-state index in [1.165, 1.54) is 7.11 Å². The van der Waals surface area contributed by atoms with E-state index in [2.05, 4.69) is 0 Å².